The largest absolute Gasteiger partial charge is 0.325 e. The van der Waals surface area contributed by atoms with Crippen molar-refractivity contribution in [3.63, 3.8) is 0 Å². The number of nitrogens with two attached hydrogens (primary N) is 1. The van der Waals surface area contributed by atoms with Gasteiger partial charge in [-0.3, -0.25) is 0 Å². The highest BCUT2D eigenvalue weighted by molar-refractivity contribution is 5.21. The lowest BCUT2D eigenvalue weighted by Crippen LogP contribution is -2.44. The van der Waals surface area contributed by atoms with Gasteiger partial charge in [0, 0.05) is 5.54 Å². The molecule has 4 unspecified atom stereocenters. The highest BCUT2D eigenvalue weighted by Crippen LogP contribution is 2.70. The molecule has 0 amide bonds. The second-order valence-corrected chi connectivity index (χ2v) is 5.41. The quantitative estimate of drug-likeness (QED) is 0.566. The van der Waals surface area contributed by atoms with Crippen LogP contribution in [0.25, 0.3) is 0 Å². The van der Waals surface area contributed by atoms with Crippen LogP contribution in [0.3, 0.4) is 0 Å². The molecule has 2 fully saturated rings. The van der Waals surface area contributed by atoms with Crippen LogP contribution in [0.2, 0.25) is 0 Å². The van der Waals surface area contributed by atoms with Gasteiger partial charge in [0.15, 0.2) is 0 Å². The minimum Gasteiger partial charge on any atom is -0.325 e. The first-order valence-corrected chi connectivity index (χ1v) is 4.67. The molecule has 64 valence electrons. The molecule has 0 aliphatic heterocycles. The van der Waals surface area contributed by atoms with E-state index in [4.69, 9.17) is 5.73 Å². The van der Waals surface area contributed by atoms with Crippen LogP contribution in [-0.4, -0.2) is 5.54 Å². The molecule has 2 aliphatic carbocycles. The number of hydrogen-bond acceptors (Lipinski definition) is 1. The maximum atomic E-state index is 6.28. The number of hydrogen-bond donors (Lipinski definition) is 1. The Morgan fingerprint density at radius 2 is 1.82 bits per heavy atom. The van der Waals surface area contributed by atoms with Gasteiger partial charge in [-0.2, -0.15) is 0 Å². The molecule has 0 saturated heterocycles. The maximum absolute atomic E-state index is 6.28. The van der Waals surface area contributed by atoms with E-state index in [0.717, 1.165) is 17.8 Å². The minimum absolute atomic E-state index is 0.119. The molecular formula is C10H19N. The highest BCUT2D eigenvalue weighted by Gasteiger charge is 2.69. The van der Waals surface area contributed by atoms with E-state index in [1.165, 1.54) is 6.42 Å². The van der Waals surface area contributed by atoms with Crippen LogP contribution in [0.15, 0.2) is 0 Å². The first-order valence-electron chi connectivity index (χ1n) is 4.67. The summed E-state index contributed by atoms with van der Waals surface area (Å²) < 4.78 is 0. The van der Waals surface area contributed by atoms with E-state index in [2.05, 4.69) is 27.7 Å². The molecule has 2 N–H and O–H groups in total. The molecule has 11 heavy (non-hydrogen) atoms. The molecule has 4 atom stereocenters. The number of rotatable bonds is 0. The van der Waals surface area contributed by atoms with Crippen LogP contribution in [0.4, 0.5) is 0 Å². The standard InChI is InChI=1S/C10H19N/c1-6-5-7-8(9(7,2)3)10(6,4)11/h6-8H,5,11H2,1-4H3. The smallest absolute Gasteiger partial charge is 0.0188 e. The monoisotopic (exact) mass is 153 g/mol. The van der Waals surface area contributed by atoms with Crippen molar-refractivity contribution in [3.8, 4) is 0 Å². The van der Waals surface area contributed by atoms with Gasteiger partial charge in [-0.25, -0.2) is 0 Å². The van der Waals surface area contributed by atoms with E-state index in [9.17, 15) is 0 Å². The lowest BCUT2D eigenvalue weighted by atomic mass is 9.81. The fourth-order valence-corrected chi connectivity index (χ4v) is 3.36. The molecular weight excluding hydrogens is 134 g/mol. The summed E-state index contributed by atoms with van der Waals surface area (Å²) in [5.74, 6) is 2.45. The highest BCUT2D eigenvalue weighted by atomic mass is 14.9. The average molecular weight is 153 g/mol. The third-order valence-corrected chi connectivity index (χ3v) is 4.39. The van der Waals surface area contributed by atoms with E-state index < -0.39 is 0 Å². The molecule has 0 spiro atoms. The zero-order valence-corrected chi connectivity index (χ0v) is 8.02. The molecule has 0 radical (unpaired) electrons. The lowest BCUT2D eigenvalue weighted by Gasteiger charge is -2.30. The molecule has 0 bridgehead atoms. The van der Waals surface area contributed by atoms with E-state index in [0.29, 0.717) is 5.41 Å². The van der Waals surface area contributed by atoms with Gasteiger partial charge < -0.3 is 5.73 Å². The van der Waals surface area contributed by atoms with Crippen molar-refractivity contribution in [2.75, 3.05) is 0 Å². The first-order chi connectivity index (χ1) is 4.88. The van der Waals surface area contributed by atoms with Crippen molar-refractivity contribution in [3.05, 3.63) is 0 Å². The van der Waals surface area contributed by atoms with Crippen molar-refractivity contribution in [1.82, 2.24) is 0 Å². The normalized spacial score (nSPS) is 59.2. The topological polar surface area (TPSA) is 26.0 Å². The summed E-state index contributed by atoms with van der Waals surface area (Å²) in [4.78, 5) is 0. The van der Waals surface area contributed by atoms with E-state index in [1.54, 1.807) is 0 Å². The zero-order chi connectivity index (χ0) is 8.44. The van der Waals surface area contributed by atoms with Gasteiger partial charge in [0.2, 0.25) is 0 Å². The first kappa shape index (κ1) is 7.60. The zero-order valence-electron chi connectivity index (χ0n) is 8.02. The summed E-state index contributed by atoms with van der Waals surface area (Å²) in [5, 5.41) is 0. The molecule has 0 heterocycles. The molecule has 2 rings (SSSR count). The third kappa shape index (κ3) is 0.703. The second kappa shape index (κ2) is 1.66. The van der Waals surface area contributed by atoms with Gasteiger partial charge in [-0.05, 0) is 36.5 Å². The van der Waals surface area contributed by atoms with Crippen LogP contribution in [0, 0.1) is 23.2 Å². The molecule has 2 saturated carbocycles. The summed E-state index contributed by atoms with van der Waals surface area (Å²) in [6.45, 7) is 9.25. The van der Waals surface area contributed by atoms with E-state index >= 15 is 0 Å². The number of fused-ring (bicyclic) bond motifs is 1. The lowest BCUT2D eigenvalue weighted by molar-refractivity contribution is 0.256. The van der Waals surface area contributed by atoms with Crippen molar-refractivity contribution < 1.29 is 0 Å². The summed E-state index contributed by atoms with van der Waals surface area (Å²) in [7, 11) is 0. The van der Waals surface area contributed by atoms with Gasteiger partial charge in [-0.15, -0.1) is 0 Å². The fraction of sp³-hybridized carbons (Fsp3) is 1.00. The van der Waals surface area contributed by atoms with Crippen molar-refractivity contribution >= 4 is 0 Å². The summed E-state index contributed by atoms with van der Waals surface area (Å²) in [6, 6.07) is 0. The summed E-state index contributed by atoms with van der Waals surface area (Å²) in [5.41, 5.74) is 6.95. The Labute approximate surface area is 69.4 Å². The molecule has 0 aromatic heterocycles. The SMILES string of the molecule is CC1CC2C(C2(C)C)C1(C)N. The molecule has 1 nitrogen and oxygen atoms in total. The third-order valence-electron chi connectivity index (χ3n) is 4.39. The predicted octanol–water partition coefficient (Wildman–Crippen LogP) is 2.02. The van der Waals surface area contributed by atoms with Gasteiger partial charge in [-0.1, -0.05) is 20.8 Å². The van der Waals surface area contributed by atoms with Crippen LogP contribution in [0.1, 0.15) is 34.1 Å². The van der Waals surface area contributed by atoms with Crippen LogP contribution in [0.5, 0.6) is 0 Å². The van der Waals surface area contributed by atoms with Gasteiger partial charge >= 0.3 is 0 Å². The average Bonchev–Trinajstić information content (AvgIpc) is 2.23. The fourth-order valence-electron chi connectivity index (χ4n) is 3.36. The van der Waals surface area contributed by atoms with E-state index in [1.807, 2.05) is 0 Å². The van der Waals surface area contributed by atoms with Crippen LogP contribution in [-0.2, 0) is 0 Å². The molecule has 1 heteroatoms. The van der Waals surface area contributed by atoms with Crippen LogP contribution >= 0.6 is 0 Å². The maximum Gasteiger partial charge on any atom is 0.0188 e. The predicted molar refractivity (Wildman–Crippen MR) is 47.1 cm³/mol. The molecule has 2 aliphatic rings. The minimum atomic E-state index is 0.119. The molecule has 0 aromatic carbocycles. The Morgan fingerprint density at radius 1 is 1.27 bits per heavy atom. The van der Waals surface area contributed by atoms with Crippen molar-refractivity contribution in [1.29, 1.82) is 0 Å². The molecule has 0 aromatic rings. The van der Waals surface area contributed by atoms with Crippen molar-refractivity contribution in [2.24, 2.45) is 28.9 Å². The summed E-state index contributed by atoms with van der Waals surface area (Å²) >= 11 is 0. The van der Waals surface area contributed by atoms with Crippen LogP contribution < -0.4 is 5.73 Å². The van der Waals surface area contributed by atoms with Gasteiger partial charge in [0.05, 0.1) is 0 Å². The van der Waals surface area contributed by atoms with Gasteiger partial charge in [0.1, 0.15) is 0 Å². The summed E-state index contributed by atoms with van der Waals surface area (Å²) in [6.07, 6.45) is 1.35. The second-order valence-electron chi connectivity index (χ2n) is 5.41. The Bertz CT molecular complexity index is 193. The Balaban J connectivity index is 2.24. The van der Waals surface area contributed by atoms with E-state index in [-0.39, 0.29) is 5.54 Å². The van der Waals surface area contributed by atoms with Gasteiger partial charge in [0.25, 0.3) is 0 Å². The Kier molecular flexibility index (Phi) is 1.15. The Morgan fingerprint density at radius 3 is 2.09 bits per heavy atom. The van der Waals surface area contributed by atoms with Crippen molar-refractivity contribution in [2.45, 2.75) is 39.7 Å². The Hall–Kier alpha value is -0.0400.